The van der Waals surface area contributed by atoms with E-state index in [4.69, 9.17) is 17.0 Å². The lowest BCUT2D eigenvalue weighted by molar-refractivity contribution is -0.120. The number of rotatable bonds is 3. The Morgan fingerprint density at radius 3 is 2.60 bits per heavy atom. The molecule has 1 heterocycles. The van der Waals surface area contributed by atoms with E-state index in [1.807, 2.05) is 36.4 Å². The maximum atomic E-state index is 12.8. The van der Waals surface area contributed by atoms with E-state index in [-0.39, 0.29) is 4.32 Å². The van der Waals surface area contributed by atoms with Crippen molar-refractivity contribution in [3.05, 3.63) is 68.1 Å². The fourth-order valence-corrected chi connectivity index (χ4v) is 4.19. The Morgan fingerprint density at radius 1 is 1.20 bits per heavy atom. The second-order valence-electron chi connectivity index (χ2n) is 5.04. The van der Waals surface area contributed by atoms with Gasteiger partial charge in [0.15, 0.2) is 4.32 Å². The monoisotopic (exact) mass is 481 g/mol. The van der Waals surface area contributed by atoms with Crippen molar-refractivity contribution in [2.45, 2.75) is 0 Å². The highest BCUT2D eigenvalue weighted by Gasteiger charge is 2.37. The largest absolute Gasteiger partial charge is 0.496 e. The van der Waals surface area contributed by atoms with Gasteiger partial charge in [0.2, 0.25) is 0 Å². The number of benzene rings is 2. The molecule has 0 bridgehead atoms. The third-order valence-corrected chi connectivity index (χ3v) is 5.77. The van der Waals surface area contributed by atoms with Crippen molar-refractivity contribution in [1.29, 1.82) is 0 Å². The second kappa shape index (κ2) is 7.67. The Kier molecular flexibility index (Phi) is 5.55. The molecule has 1 aliphatic heterocycles. The van der Waals surface area contributed by atoms with Crippen molar-refractivity contribution < 1.29 is 14.3 Å². The van der Waals surface area contributed by atoms with Gasteiger partial charge in [-0.3, -0.25) is 9.59 Å². The average molecular weight is 481 g/mol. The molecular formula is C18H12INO3S2. The summed E-state index contributed by atoms with van der Waals surface area (Å²) < 4.78 is 6.30. The summed E-state index contributed by atoms with van der Waals surface area (Å²) in [7, 11) is 1.57. The van der Waals surface area contributed by atoms with E-state index < -0.39 is 11.8 Å². The Labute approximate surface area is 168 Å². The van der Waals surface area contributed by atoms with Gasteiger partial charge in [-0.1, -0.05) is 54.3 Å². The van der Waals surface area contributed by atoms with E-state index in [9.17, 15) is 9.59 Å². The van der Waals surface area contributed by atoms with Crippen molar-refractivity contribution in [3.8, 4) is 5.75 Å². The molecular weight excluding hydrogens is 469 g/mol. The van der Waals surface area contributed by atoms with Gasteiger partial charge in [-0.2, -0.15) is 0 Å². The van der Waals surface area contributed by atoms with Crippen LogP contribution in [0.1, 0.15) is 15.9 Å². The van der Waals surface area contributed by atoms with Crippen molar-refractivity contribution in [2.24, 2.45) is 0 Å². The van der Waals surface area contributed by atoms with Gasteiger partial charge in [0, 0.05) is 9.13 Å². The van der Waals surface area contributed by atoms with Crippen LogP contribution in [0.3, 0.4) is 0 Å². The number of carbonyl (C=O) groups is 2. The van der Waals surface area contributed by atoms with Gasteiger partial charge in [0.25, 0.3) is 11.8 Å². The number of thiocarbonyl (C=S) groups is 1. The molecule has 0 N–H and O–H groups in total. The number of methoxy groups -OCH3 is 1. The molecule has 4 nitrogen and oxygen atoms in total. The van der Waals surface area contributed by atoms with Crippen LogP contribution >= 0.6 is 46.6 Å². The minimum absolute atomic E-state index is 0.232. The van der Waals surface area contributed by atoms with Crippen molar-refractivity contribution in [2.75, 3.05) is 7.11 Å². The van der Waals surface area contributed by atoms with Crippen LogP contribution in [0.2, 0.25) is 0 Å². The predicted molar refractivity (Wildman–Crippen MR) is 111 cm³/mol. The summed E-state index contributed by atoms with van der Waals surface area (Å²) in [6, 6.07) is 14.5. The molecule has 0 aliphatic carbocycles. The summed E-state index contributed by atoms with van der Waals surface area (Å²) >= 11 is 8.45. The zero-order valence-corrected chi connectivity index (χ0v) is 16.9. The number of halogens is 1. The first-order valence-corrected chi connectivity index (χ1v) is 9.53. The second-order valence-corrected chi connectivity index (χ2v) is 7.88. The van der Waals surface area contributed by atoms with Gasteiger partial charge in [0.1, 0.15) is 5.75 Å². The predicted octanol–water partition coefficient (Wildman–Crippen LogP) is 4.34. The molecule has 1 saturated heterocycles. The van der Waals surface area contributed by atoms with Gasteiger partial charge in [-0.05, 0) is 46.9 Å². The number of ether oxygens (including phenoxy) is 1. The van der Waals surface area contributed by atoms with Crippen LogP contribution in [0.5, 0.6) is 5.75 Å². The summed E-state index contributed by atoms with van der Waals surface area (Å²) in [5, 5.41) is 0. The number of para-hydroxylation sites is 1. The smallest absolute Gasteiger partial charge is 0.273 e. The number of nitrogens with zero attached hydrogens (tertiary/aromatic N) is 1. The molecule has 1 fully saturated rings. The zero-order chi connectivity index (χ0) is 18.0. The summed E-state index contributed by atoms with van der Waals surface area (Å²) in [5.41, 5.74) is 1.21. The summed E-state index contributed by atoms with van der Waals surface area (Å²) in [6.07, 6.45) is 1.70. The molecule has 126 valence electrons. The minimum atomic E-state index is -0.412. The van der Waals surface area contributed by atoms with E-state index >= 15 is 0 Å². The number of carbonyl (C=O) groups excluding carboxylic acids is 2. The van der Waals surface area contributed by atoms with Crippen LogP contribution in [0.4, 0.5) is 0 Å². The molecule has 0 unspecified atom stereocenters. The molecule has 2 aromatic rings. The van der Waals surface area contributed by atoms with Gasteiger partial charge in [-0.25, -0.2) is 4.90 Å². The Morgan fingerprint density at radius 2 is 1.88 bits per heavy atom. The van der Waals surface area contributed by atoms with Crippen molar-refractivity contribution in [1.82, 2.24) is 4.90 Å². The molecule has 0 radical (unpaired) electrons. The normalized spacial score (nSPS) is 15.8. The minimum Gasteiger partial charge on any atom is -0.496 e. The lowest BCUT2D eigenvalue weighted by Gasteiger charge is -2.13. The van der Waals surface area contributed by atoms with Crippen LogP contribution in [0.25, 0.3) is 6.08 Å². The first kappa shape index (κ1) is 18.1. The molecule has 0 atom stereocenters. The van der Waals surface area contributed by atoms with E-state index in [2.05, 4.69) is 22.6 Å². The molecule has 7 heteroatoms. The SMILES string of the molecule is COc1ccccc1/C=C1/SC(=S)N(C(=O)c2ccccc2I)C1=O. The molecule has 2 amide bonds. The van der Waals surface area contributed by atoms with Crippen LogP contribution in [0, 0.1) is 3.57 Å². The van der Waals surface area contributed by atoms with Crippen molar-refractivity contribution in [3.63, 3.8) is 0 Å². The Bertz CT molecular complexity index is 911. The highest BCUT2D eigenvalue weighted by molar-refractivity contribution is 14.1. The lowest BCUT2D eigenvalue weighted by Crippen LogP contribution is -2.35. The van der Waals surface area contributed by atoms with Crippen LogP contribution in [-0.2, 0) is 4.79 Å². The molecule has 2 aromatic carbocycles. The Balaban J connectivity index is 1.94. The van der Waals surface area contributed by atoms with E-state index in [0.29, 0.717) is 16.2 Å². The molecule has 0 spiro atoms. The maximum absolute atomic E-state index is 12.8. The van der Waals surface area contributed by atoms with Crippen LogP contribution < -0.4 is 4.74 Å². The van der Waals surface area contributed by atoms with E-state index in [0.717, 1.165) is 25.8 Å². The molecule has 1 aliphatic rings. The van der Waals surface area contributed by atoms with E-state index in [1.165, 1.54) is 0 Å². The topological polar surface area (TPSA) is 46.6 Å². The molecule has 0 saturated carbocycles. The maximum Gasteiger partial charge on any atom is 0.273 e. The molecule has 0 aromatic heterocycles. The number of hydrogen-bond acceptors (Lipinski definition) is 5. The third kappa shape index (κ3) is 3.63. The Hall–Kier alpha value is -1.71. The zero-order valence-electron chi connectivity index (χ0n) is 13.1. The average Bonchev–Trinajstić information content (AvgIpc) is 2.89. The standard InChI is InChI=1S/C18H12INO3S2/c1-23-14-9-5-2-6-11(14)10-15-17(22)20(18(24)25-15)16(21)12-7-3-4-8-13(12)19/h2-10H,1H3/b15-10+. The lowest BCUT2D eigenvalue weighted by atomic mass is 10.1. The van der Waals surface area contributed by atoms with Gasteiger partial charge in [0.05, 0.1) is 17.6 Å². The molecule has 3 rings (SSSR count). The van der Waals surface area contributed by atoms with Crippen LogP contribution in [0.15, 0.2) is 53.4 Å². The fourth-order valence-electron chi connectivity index (χ4n) is 2.32. The van der Waals surface area contributed by atoms with Gasteiger partial charge in [-0.15, -0.1) is 0 Å². The van der Waals surface area contributed by atoms with Crippen LogP contribution in [-0.4, -0.2) is 28.1 Å². The number of amides is 2. The highest BCUT2D eigenvalue weighted by Crippen LogP contribution is 2.35. The van der Waals surface area contributed by atoms with Crippen molar-refractivity contribution >= 4 is 68.8 Å². The van der Waals surface area contributed by atoms with Gasteiger partial charge < -0.3 is 4.74 Å². The number of hydrogen-bond donors (Lipinski definition) is 0. The van der Waals surface area contributed by atoms with E-state index in [1.54, 1.807) is 25.3 Å². The number of thioether (sulfide) groups is 1. The fraction of sp³-hybridized carbons (Fsp3) is 0.0556. The third-order valence-electron chi connectivity index (χ3n) is 3.53. The van der Waals surface area contributed by atoms with Gasteiger partial charge >= 0.3 is 0 Å². The highest BCUT2D eigenvalue weighted by atomic mass is 127. The first-order chi connectivity index (χ1) is 12.0. The summed E-state index contributed by atoms with van der Waals surface area (Å²) in [4.78, 5) is 26.9. The first-order valence-electron chi connectivity index (χ1n) is 7.22. The quantitative estimate of drug-likeness (QED) is 0.283. The molecule has 25 heavy (non-hydrogen) atoms. The summed E-state index contributed by atoms with van der Waals surface area (Å²) in [6.45, 7) is 0. The summed E-state index contributed by atoms with van der Waals surface area (Å²) in [5.74, 6) is -0.168. The number of imide groups is 1.